The van der Waals surface area contributed by atoms with Crippen LogP contribution in [0.1, 0.15) is 127 Å². The second-order valence-corrected chi connectivity index (χ2v) is 8.56. The first-order valence-corrected chi connectivity index (χ1v) is 12.9. The van der Waals surface area contributed by atoms with Gasteiger partial charge in [0.2, 0.25) is 0 Å². The monoisotopic (exact) mass is 433 g/mol. The summed E-state index contributed by atoms with van der Waals surface area (Å²) in [5.74, 6) is -0.302. The van der Waals surface area contributed by atoms with Crippen molar-refractivity contribution in [3.05, 3.63) is 29.8 Å². The summed E-state index contributed by atoms with van der Waals surface area (Å²) in [5.41, 5.74) is 4.25. The molecule has 0 spiro atoms. The zero-order valence-corrected chi connectivity index (χ0v) is 20.3. The number of carbonyl (C=O) groups excluding carboxylic acids is 1. The van der Waals surface area contributed by atoms with Crippen molar-refractivity contribution in [1.82, 2.24) is 0 Å². The molecule has 1 rings (SSSR count). The van der Waals surface area contributed by atoms with E-state index in [0.29, 0.717) is 18.8 Å². The van der Waals surface area contributed by atoms with E-state index in [-0.39, 0.29) is 5.97 Å². The van der Waals surface area contributed by atoms with Crippen LogP contribution >= 0.6 is 0 Å². The average Bonchev–Trinajstić information content (AvgIpc) is 2.78. The maximum absolute atomic E-state index is 11.7. The summed E-state index contributed by atoms with van der Waals surface area (Å²) in [6, 6.07) is 7.22. The molecule has 0 unspecified atom stereocenters. The van der Waals surface area contributed by atoms with E-state index in [9.17, 15) is 4.79 Å². The second kappa shape index (κ2) is 20.4. The van der Waals surface area contributed by atoms with Crippen LogP contribution < -0.4 is 5.48 Å². The lowest BCUT2D eigenvalue weighted by Gasteiger charge is -2.08. The van der Waals surface area contributed by atoms with Gasteiger partial charge in [-0.2, -0.15) is 0 Å². The zero-order chi connectivity index (χ0) is 22.4. The zero-order valence-electron chi connectivity index (χ0n) is 20.3. The highest BCUT2D eigenvalue weighted by molar-refractivity contribution is 5.90. The van der Waals surface area contributed by atoms with E-state index in [0.717, 1.165) is 12.1 Å². The Morgan fingerprint density at radius 3 is 1.77 bits per heavy atom. The first-order valence-electron chi connectivity index (χ1n) is 12.9. The van der Waals surface area contributed by atoms with Gasteiger partial charge in [-0.15, -0.1) is 0 Å². The maximum Gasteiger partial charge on any atom is 0.338 e. The van der Waals surface area contributed by atoms with Gasteiger partial charge in [0.15, 0.2) is 0 Å². The van der Waals surface area contributed by atoms with Crippen molar-refractivity contribution in [2.24, 2.45) is 0 Å². The standard InChI is InChI=1S/C27H47NO3/c1-3-5-6-7-8-9-10-11-12-13-14-15-16-17-18-19-23-31-28-26-22-20-21-25(24-26)27(29)30-4-2/h20-22,24,28H,3-19,23H2,1-2H3. The van der Waals surface area contributed by atoms with Gasteiger partial charge >= 0.3 is 5.97 Å². The van der Waals surface area contributed by atoms with Crippen LogP contribution in [0.4, 0.5) is 5.69 Å². The Bertz CT molecular complexity index is 547. The lowest BCUT2D eigenvalue weighted by molar-refractivity contribution is 0.0526. The fourth-order valence-electron chi connectivity index (χ4n) is 3.78. The number of rotatable bonds is 21. The number of ether oxygens (including phenoxy) is 1. The Kier molecular flexibility index (Phi) is 18.0. The summed E-state index contributed by atoms with van der Waals surface area (Å²) < 4.78 is 5.02. The van der Waals surface area contributed by atoms with Gasteiger partial charge in [-0.05, 0) is 31.5 Å². The normalized spacial score (nSPS) is 10.9. The van der Waals surface area contributed by atoms with Gasteiger partial charge in [0, 0.05) is 0 Å². The highest BCUT2D eigenvalue weighted by Crippen LogP contribution is 2.14. The number of hydrogen-bond acceptors (Lipinski definition) is 4. The van der Waals surface area contributed by atoms with E-state index in [1.54, 1.807) is 19.1 Å². The Balaban J connectivity index is 1.85. The van der Waals surface area contributed by atoms with Gasteiger partial charge in [0.25, 0.3) is 0 Å². The first kappa shape index (κ1) is 27.5. The summed E-state index contributed by atoms with van der Waals surface area (Å²) in [7, 11) is 0. The topological polar surface area (TPSA) is 47.6 Å². The smallest absolute Gasteiger partial charge is 0.338 e. The molecule has 0 aromatic heterocycles. The molecule has 0 amide bonds. The van der Waals surface area contributed by atoms with Crippen molar-refractivity contribution in [1.29, 1.82) is 0 Å². The number of unbranched alkanes of at least 4 members (excludes halogenated alkanes) is 15. The van der Waals surface area contributed by atoms with Gasteiger partial charge in [0.1, 0.15) is 0 Å². The molecule has 0 bridgehead atoms. The number of hydrogen-bond donors (Lipinski definition) is 1. The molecule has 0 saturated heterocycles. The van der Waals surface area contributed by atoms with Crippen molar-refractivity contribution in [3.63, 3.8) is 0 Å². The molecular weight excluding hydrogens is 386 g/mol. The van der Waals surface area contributed by atoms with E-state index in [4.69, 9.17) is 9.57 Å². The Morgan fingerprint density at radius 1 is 0.742 bits per heavy atom. The van der Waals surface area contributed by atoms with Crippen molar-refractivity contribution in [2.75, 3.05) is 18.7 Å². The lowest BCUT2D eigenvalue weighted by atomic mass is 10.0. The molecule has 4 heteroatoms. The third-order valence-electron chi connectivity index (χ3n) is 5.66. The van der Waals surface area contributed by atoms with Crippen molar-refractivity contribution in [2.45, 2.75) is 117 Å². The SMILES string of the molecule is CCCCCCCCCCCCCCCCCCONc1cccc(C(=O)OCC)c1. The van der Waals surface area contributed by atoms with E-state index >= 15 is 0 Å². The molecule has 0 radical (unpaired) electrons. The van der Waals surface area contributed by atoms with Crippen LogP contribution in [-0.4, -0.2) is 19.2 Å². The molecule has 0 heterocycles. The predicted molar refractivity (Wildman–Crippen MR) is 132 cm³/mol. The van der Waals surface area contributed by atoms with E-state index in [1.165, 1.54) is 96.3 Å². The number of nitrogens with one attached hydrogen (secondary N) is 1. The number of anilines is 1. The molecule has 178 valence electrons. The Hall–Kier alpha value is -1.55. The quantitative estimate of drug-likeness (QED) is 0.120. The van der Waals surface area contributed by atoms with Gasteiger partial charge < -0.3 is 4.74 Å². The van der Waals surface area contributed by atoms with Crippen molar-refractivity contribution in [3.8, 4) is 0 Å². The molecule has 1 aromatic carbocycles. The molecule has 31 heavy (non-hydrogen) atoms. The number of carbonyl (C=O) groups is 1. The molecular formula is C27H47NO3. The minimum Gasteiger partial charge on any atom is -0.462 e. The number of benzene rings is 1. The average molecular weight is 434 g/mol. The van der Waals surface area contributed by atoms with Crippen LogP contribution in [0.3, 0.4) is 0 Å². The molecule has 0 saturated carbocycles. The largest absolute Gasteiger partial charge is 0.462 e. The Labute approximate surface area is 191 Å². The molecule has 0 atom stereocenters. The summed E-state index contributed by atoms with van der Waals surface area (Å²) in [5, 5.41) is 0. The Morgan fingerprint density at radius 2 is 1.26 bits per heavy atom. The van der Waals surface area contributed by atoms with Crippen LogP contribution in [0.25, 0.3) is 0 Å². The number of esters is 1. The minimum absolute atomic E-state index is 0.302. The third-order valence-corrected chi connectivity index (χ3v) is 5.66. The lowest BCUT2D eigenvalue weighted by Crippen LogP contribution is -2.07. The molecule has 1 N–H and O–H groups in total. The van der Waals surface area contributed by atoms with E-state index < -0.39 is 0 Å². The summed E-state index contributed by atoms with van der Waals surface area (Å²) >= 11 is 0. The van der Waals surface area contributed by atoms with Crippen molar-refractivity contribution >= 4 is 11.7 Å². The molecule has 0 fully saturated rings. The fraction of sp³-hybridized carbons (Fsp3) is 0.741. The van der Waals surface area contributed by atoms with Crippen LogP contribution in [0.2, 0.25) is 0 Å². The van der Waals surface area contributed by atoms with Gasteiger partial charge in [-0.1, -0.05) is 109 Å². The van der Waals surface area contributed by atoms with Crippen LogP contribution in [0.5, 0.6) is 0 Å². The fourth-order valence-corrected chi connectivity index (χ4v) is 3.78. The van der Waals surface area contributed by atoms with Gasteiger partial charge in [0.05, 0.1) is 24.5 Å². The molecule has 0 aliphatic rings. The van der Waals surface area contributed by atoms with Crippen LogP contribution in [0.15, 0.2) is 24.3 Å². The molecule has 4 nitrogen and oxygen atoms in total. The molecule has 1 aromatic rings. The summed E-state index contributed by atoms with van der Waals surface area (Å²) in [6.45, 7) is 5.15. The molecule has 0 aliphatic carbocycles. The highest BCUT2D eigenvalue weighted by Gasteiger charge is 2.06. The first-order chi connectivity index (χ1) is 15.3. The van der Waals surface area contributed by atoms with E-state index in [1.807, 2.05) is 12.1 Å². The third kappa shape index (κ3) is 15.8. The highest BCUT2D eigenvalue weighted by atomic mass is 16.6. The maximum atomic E-state index is 11.7. The van der Waals surface area contributed by atoms with Gasteiger partial charge in [-0.25, -0.2) is 4.79 Å². The van der Waals surface area contributed by atoms with Crippen molar-refractivity contribution < 1.29 is 14.4 Å². The summed E-state index contributed by atoms with van der Waals surface area (Å²) in [6.07, 6.45) is 21.9. The second-order valence-electron chi connectivity index (χ2n) is 8.56. The predicted octanol–water partition coefficient (Wildman–Crippen LogP) is 8.47. The minimum atomic E-state index is -0.302. The van der Waals surface area contributed by atoms with Crippen LogP contribution in [-0.2, 0) is 9.57 Å². The summed E-state index contributed by atoms with van der Waals surface area (Å²) in [4.78, 5) is 17.3. The van der Waals surface area contributed by atoms with E-state index in [2.05, 4.69) is 12.4 Å². The van der Waals surface area contributed by atoms with Crippen LogP contribution in [0, 0.1) is 0 Å². The molecule has 0 aliphatic heterocycles. The van der Waals surface area contributed by atoms with Gasteiger partial charge in [-0.3, -0.25) is 10.3 Å².